The van der Waals surface area contributed by atoms with Gasteiger partial charge in [0.25, 0.3) is 5.91 Å². The molecule has 2 N–H and O–H groups in total. The molecule has 3 heterocycles. The fraction of sp³-hybridized carbons (Fsp3) is 0.500. The fourth-order valence-electron chi connectivity index (χ4n) is 4.39. The largest absolute Gasteiger partial charge is 0.394 e. The summed E-state index contributed by atoms with van der Waals surface area (Å²) in [5.41, 5.74) is 2.73. The van der Waals surface area contributed by atoms with E-state index in [1.807, 2.05) is 19.1 Å². The maximum atomic E-state index is 12.6. The molecule has 1 aromatic carbocycles. The smallest absolute Gasteiger partial charge is 0.273 e. The predicted octanol–water partition coefficient (Wildman–Crippen LogP) is 1.42. The molecule has 166 valence electrons. The number of amides is 2. The zero-order valence-corrected chi connectivity index (χ0v) is 17.8. The van der Waals surface area contributed by atoms with Crippen LogP contribution in [0.5, 0.6) is 0 Å². The van der Waals surface area contributed by atoms with E-state index in [-0.39, 0.29) is 31.1 Å². The van der Waals surface area contributed by atoms with Gasteiger partial charge in [-0.05, 0) is 43.5 Å². The van der Waals surface area contributed by atoms with Gasteiger partial charge in [-0.2, -0.15) is 5.10 Å². The molecule has 0 saturated carbocycles. The van der Waals surface area contributed by atoms with Crippen molar-refractivity contribution in [2.24, 2.45) is 7.05 Å². The summed E-state index contributed by atoms with van der Waals surface area (Å²) in [6.45, 7) is 2.86. The Morgan fingerprint density at radius 2 is 1.97 bits per heavy atom. The second-order valence-corrected chi connectivity index (χ2v) is 8.00. The molecule has 9 heteroatoms. The van der Waals surface area contributed by atoms with Crippen molar-refractivity contribution in [3.8, 4) is 0 Å². The van der Waals surface area contributed by atoms with Crippen LogP contribution in [0.15, 0.2) is 30.3 Å². The fourth-order valence-corrected chi connectivity index (χ4v) is 4.39. The number of anilines is 1. The highest BCUT2D eigenvalue weighted by Crippen LogP contribution is 2.33. The topological polar surface area (TPSA) is 106 Å². The lowest BCUT2D eigenvalue weighted by atomic mass is 9.95. The standard InChI is InChI=1S/C22H28N4O5/c1-14-11-18(25(2)24-14)22(29)23-16-5-3-15(4-6-16)21-19(12-27)26(20(28)13-31-21)17-7-9-30-10-8-17/h3-6,11,17,19,21,27H,7-10,12-13H2,1-2H3,(H,23,29)/t19-,21-/m1/s1. The monoisotopic (exact) mass is 428 g/mol. The van der Waals surface area contributed by atoms with E-state index in [0.29, 0.717) is 24.6 Å². The number of morpholine rings is 1. The number of carbonyl (C=O) groups is 2. The molecule has 9 nitrogen and oxygen atoms in total. The van der Waals surface area contributed by atoms with Crippen LogP contribution in [-0.4, -0.2) is 70.1 Å². The Bertz CT molecular complexity index is 936. The summed E-state index contributed by atoms with van der Waals surface area (Å²) >= 11 is 0. The van der Waals surface area contributed by atoms with Crippen LogP contribution >= 0.6 is 0 Å². The number of hydrogen-bond donors (Lipinski definition) is 2. The van der Waals surface area contributed by atoms with Gasteiger partial charge in [0.1, 0.15) is 18.4 Å². The number of rotatable bonds is 5. The number of aryl methyl sites for hydroxylation is 2. The van der Waals surface area contributed by atoms with E-state index in [4.69, 9.17) is 9.47 Å². The molecular weight excluding hydrogens is 400 g/mol. The number of hydrogen-bond acceptors (Lipinski definition) is 6. The highest BCUT2D eigenvalue weighted by Gasteiger charge is 2.41. The van der Waals surface area contributed by atoms with Crippen molar-refractivity contribution in [2.45, 2.75) is 38.0 Å². The molecule has 2 fully saturated rings. The lowest BCUT2D eigenvalue weighted by molar-refractivity contribution is -0.168. The number of carbonyl (C=O) groups excluding carboxylic acids is 2. The average molecular weight is 428 g/mol. The first-order valence-corrected chi connectivity index (χ1v) is 10.5. The van der Waals surface area contributed by atoms with Gasteiger partial charge in [0.2, 0.25) is 5.91 Å². The molecule has 0 unspecified atom stereocenters. The Balaban J connectivity index is 1.49. The minimum absolute atomic E-state index is 0.0170. The second-order valence-electron chi connectivity index (χ2n) is 8.00. The van der Waals surface area contributed by atoms with Gasteiger partial charge in [0.15, 0.2) is 0 Å². The quantitative estimate of drug-likeness (QED) is 0.746. The van der Waals surface area contributed by atoms with Gasteiger partial charge >= 0.3 is 0 Å². The van der Waals surface area contributed by atoms with Gasteiger partial charge < -0.3 is 24.8 Å². The molecular formula is C22H28N4O5. The Morgan fingerprint density at radius 1 is 1.26 bits per heavy atom. The van der Waals surface area contributed by atoms with Crippen LogP contribution in [0.2, 0.25) is 0 Å². The van der Waals surface area contributed by atoms with Crippen molar-refractivity contribution < 1.29 is 24.2 Å². The summed E-state index contributed by atoms with van der Waals surface area (Å²) in [5, 5.41) is 17.2. The Kier molecular flexibility index (Phi) is 6.35. The summed E-state index contributed by atoms with van der Waals surface area (Å²) in [4.78, 5) is 26.9. The van der Waals surface area contributed by atoms with Crippen LogP contribution in [0.1, 0.15) is 40.7 Å². The molecule has 2 saturated heterocycles. The van der Waals surface area contributed by atoms with E-state index in [1.165, 1.54) is 0 Å². The molecule has 2 aromatic rings. The SMILES string of the molecule is Cc1cc(C(=O)Nc2ccc([C@H]3OCC(=O)N(C4CCOCC4)[C@@H]3CO)cc2)n(C)n1. The Morgan fingerprint density at radius 3 is 2.58 bits per heavy atom. The first kappa shape index (κ1) is 21.5. The number of nitrogens with zero attached hydrogens (tertiary/aromatic N) is 3. The zero-order chi connectivity index (χ0) is 22.0. The first-order chi connectivity index (χ1) is 15.0. The minimum Gasteiger partial charge on any atom is -0.394 e. The van der Waals surface area contributed by atoms with Gasteiger partial charge in [-0.3, -0.25) is 14.3 Å². The lowest BCUT2D eigenvalue weighted by Gasteiger charge is -2.45. The predicted molar refractivity (Wildman–Crippen MR) is 113 cm³/mol. The van der Waals surface area contributed by atoms with E-state index in [1.54, 1.807) is 34.8 Å². The highest BCUT2D eigenvalue weighted by atomic mass is 16.5. The van der Waals surface area contributed by atoms with Crippen molar-refractivity contribution >= 4 is 17.5 Å². The Labute approximate surface area is 180 Å². The molecule has 2 amide bonds. The number of aliphatic hydroxyl groups excluding tert-OH is 1. The number of benzene rings is 1. The second kappa shape index (κ2) is 9.17. The van der Waals surface area contributed by atoms with Crippen molar-refractivity contribution in [2.75, 3.05) is 31.7 Å². The van der Waals surface area contributed by atoms with Crippen LogP contribution in [0.3, 0.4) is 0 Å². The summed E-state index contributed by atoms with van der Waals surface area (Å²) in [7, 11) is 1.73. The summed E-state index contributed by atoms with van der Waals surface area (Å²) in [6.07, 6.45) is 1.08. The van der Waals surface area contributed by atoms with Crippen LogP contribution in [0, 0.1) is 6.92 Å². The van der Waals surface area contributed by atoms with Crippen molar-refractivity contribution in [1.82, 2.24) is 14.7 Å². The van der Waals surface area contributed by atoms with Gasteiger partial charge in [-0.15, -0.1) is 0 Å². The summed E-state index contributed by atoms with van der Waals surface area (Å²) in [6, 6.07) is 8.62. The molecule has 1 aromatic heterocycles. The normalized spacial score (nSPS) is 22.5. The highest BCUT2D eigenvalue weighted by molar-refractivity contribution is 6.03. The van der Waals surface area contributed by atoms with Gasteiger partial charge in [-0.25, -0.2) is 0 Å². The van der Waals surface area contributed by atoms with E-state index in [0.717, 1.165) is 24.1 Å². The van der Waals surface area contributed by atoms with Gasteiger partial charge in [0, 0.05) is 32.0 Å². The third-order valence-electron chi connectivity index (χ3n) is 5.88. The first-order valence-electron chi connectivity index (χ1n) is 10.5. The van der Waals surface area contributed by atoms with Crippen molar-refractivity contribution in [3.05, 3.63) is 47.3 Å². The third-order valence-corrected chi connectivity index (χ3v) is 5.88. The molecule has 2 aliphatic heterocycles. The van der Waals surface area contributed by atoms with Crippen LogP contribution in [-0.2, 0) is 21.3 Å². The molecule has 31 heavy (non-hydrogen) atoms. The summed E-state index contributed by atoms with van der Waals surface area (Å²) in [5.74, 6) is -0.341. The lowest BCUT2D eigenvalue weighted by Crippen LogP contribution is -2.57. The van der Waals surface area contributed by atoms with Gasteiger partial charge in [0.05, 0.1) is 18.3 Å². The van der Waals surface area contributed by atoms with Crippen LogP contribution in [0.4, 0.5) is 5.69 Å². The van der Waals surface area contributed by atoms with Crippen molar-refractivity contribution in [1.29, 1.82) is 0 Å². The van der Waals surface area contributed by atoms with E-state index in [9.17, 15) is 14.7 Å². The maximum absolute atomic E-state index is 12.6. The summed E-state index contributed by atoms with van der Waals surface area (Å²) < 4.78 is 12.8. The molecule has 0 spiro atoms. The molecule has 0 aliphatic carbocycles. The van der Waals surface area contributed by atoms with E-state index in [2.05, 4.69) is 10.4 Å². The van der Waals surface area contributed by atoms with E-state index >= 15 is 0 Å². The number of ether oxygens (including phenoxy) is 2. The van der Waals surface area contributed by atoms with Gasteiger partial charge in [-0.1, -0.05) is 12.1 Å². The molecule has 2 aliphatic rings. The van der Waals surface area contributed by atoms with E-state index < -0.39 is 12.1 Å². The molecule has 4 rings (SSSR count). The van der Waals surface area contributed by atoms with Crippen LogP contribution < -0.4 is 5.32 Å². The maximum Gasteiger partial charge on any atom is 0.273 e. The molecule has 2 atom stereocenters. The third kappa shape index (κ3) is 4.48. The van der Waals surface area contributed by atoms with Crippen LogP contribution in [0.25, 0.3) is 0 Å². The van der Waals surface area contributed by atoms with Crippen molar-refractivity contribution in [3.63, 3.8) is 0 Å². The number of aromatic nitrogens is 2. The number of nitrogens with one attached hydrogen (secondary N) is 1. The molecule has 0 radical (unpaired) electrons. The molecule has 0 bridgehead atoms. The number of aliphatic hydroxyl groups is 1. The minimum atomic E-state index is -0.456. The zero-order valence-electron chi connectivity index (χ0n) is 17.8. The average Bonchev–Trinajstić information content (AvgIpc) is 3.12. The Hall–Kier alpha value is -2.75.